The minimum Gasteiger partial charge on any atom is -0.455 e. The van der Waals surface area contributed by atoms with Crippen LogP contribution in [0.4, 0.5) is 0 Å². The zero-order valence-electron chi connectivity index (χ0n) is 30.2. The summed E-state index contributed by atoms with van der Waals surface area (Å²) in [4.78, 5) is 15.6. The molecule has 0 bridgehead atoms. The first-order valence-electron chi connectivity index (χ1n) is 18.8. The van der Waals surface area contributed by atoms with E-state index < -0.39 is 0 Å². The van der Waals surface area contributed by atoms with Gasteiger partial charge in [-0.2, -0.15) is 0 Å². The molecule has 3 aromatic heterocycles. The maximum absolute atomic E-state index is 6.97. The monoisotopic (exact) mass is 716 g/mol. The Morgan fingerprint density at radius 3 is 1.59 bits per heavy atom. The first kappa shape index (κ1) is 31.9. The number of hydrogen-bond donors (Lipinski definition) is 0. The number of para-hydroxylation sites is 2. The van der Waals surface area contributed by atoms with Crippen LogP contribution in [0.1, 0.15) is 0 Å². The van der Waals surface area contributed by atoms with Crippen molar-refractivity contribution >= 4 is 43.7 Å². The quantitative estimate of drug-likeness (QED) is 0.172. The van der Waals surface area contributed by atoms with Crippen LogP contribution >= 0.6 is 0 Å². The average molecular weight is 717 g/mol. The van der Waals surface area contributed by atoms with Crippen LogP contribution in [0, 0.1) is 0 Å². The van der Waals surface area contributed by atoms with E-state index in [1.165, 1.54) is 10.8 Å². The Bertz CT molecular complexity index is 3190. The van der Waals surface area contributed by atoms with E-state index in [0.717, 1.165) is 77.6 Å². The van der Waals surface area contributed by atoms with Crippen molar-refractivity contribution < 1.29 is 4.42 Å². The second kappa shape index (κ2) is 13.0. The van der Waals surface area contributed by atoms with Gasteiger partial charge in [-0.15, -0.1) is 0 Å². The Hall–Kier alpha value is -7.63. The van der Waals surface area contributed by atoms with Crippen molar-refractivity contribution in [3.05, 3.63) is 194 Å². The molecule has 0 radical (unpaired) electrons. The number of fused-ring (bicyclic) bond motifs is 6. The molecule has 0 spiro atoms. The van der Waals surface area contributed by atoms with E-state index in [4.69, 9.17) is 19.4 Å². The van der Waals surface area contributed by atoms with Crippen molar-refractivity contribution in [2.24, 2.45) is 0 Å². The average Bonchev–Trinajstić information content (AvgIpc) is 3.84. The minimum absolute atomic E-state index is 0.575. The van der Waals surface area contributed by atoms with Gasteiger partial charge in [0.1, 0.15) is 11.2 Å². The van der Waals surface area contributed by atoms with E-state index in [1.54, 1.807) is 0 Å². The van der Waals surface area contributed by atoms with Gasteiger partial charge < -0.3 is 8.98 Å². The second-order valence-corrected chi connectivity index (χ2v) is 14.0. The summed E-state index contributed by atoms with van der Waals surface area (Å²) in [6.45, 7) is 0. The SMILES string of the molecule is c1ccc(-c2cccc(-c3nc(-c4ccccc4)nc(-c4cccc5oc6c(-c7ccccc7)ccc(-n7c8ccccc8c8ccccc87)c6c45)n3)c2)cc1. The molecule has 3 heterocycles. The summed E-state index contributed by atoms with van der Waals surface area (Å²) in [6, 6.07) is 67.2. The molecular weight excluding hydrogens is 685 g/mol. The van der Waals surface area contributed by atoms with Crippen LogP contribution in [-0.4, -0.2) is 19.5 Å². The second-order valence-electron chi connectivity index (χ2n) is 14.0. The smallest absolute Gasteiger partial charge is 0.164 e. The fraction of sp³-hybridized carbons (Fsp3) is 0. The number of nitrogens with zero attached hydrogens (tertiary/aromatic N) is 4. The predicted molar refractivity (Wildman–Crippen MR) is 229 cm³/mol. The van der Waals surface area contributed by atoms with Crippen molar-refractivity contribution in [2.75, 3.05) is 0 Å². The highest BCUT2D eigenvalue weighted by atomic mass is 16.3. The molecule has 0 saturated heterocycles. The summed E-state index contributed by atoms with van der Waals surface area (Å²) in [5.74, 6) is 1.78. The molecule has 0 atom stereocenters. The lowest BCUT2D eigenvalue weighted by molar-refractivity contribution is 0.670. The first-order chi connectivity index (χ1) is 27.8. The molecule has 0 fully saturated rings. The molecule has 8 aromatic carbocycles. The van der Waals surface area contributed by atoms with Crippen LogP contribution < -0.4 is 0 Å². The van der Waals surface area contributed by atoms with E-state index in [-0.39, 0.29) is 0 Å². The summed E-state index contributed by atoms with van der Waals surface area (Å²) in [5.41, 5.74) is 11.9. The Balaban J connectivity index is 1.23. The number of rotatable bonds is 6. The number of hydrogen-bond acceptors (Lipinski definition) is 4. The van der Waals surface area contributed by atoms with Crippen molar-refractivity contribution in [3.63, 3.8) is 0 Å². The lowest BCUT2D eigenvalue weighted by Gasteiger charge is -2.13. The van der Waals surface area contributed by atoms with Gasteiger partial charge in [-0.05, 0) is 53.1 Å². The van der Waals surface area contributed by atoms with E-state index in [1.807, 2.05) is 54.6 Å². The fourth-order valence-electron chi connectivity index (χ4n) is 8.11. The molecule has 0 aliphatic rings. The van der Waals surface area contributed by atoms with Gasteiger partial charge in [0.2, 0.25) is 0 Å². The first-order valence-corrected chi connectivity index (χ1v) is 18.8. The van der Waals surface area contributed by atoms with E-state index in [0.29, 0.717) is 17.5 Å². The van der Waals surface area contributed by atoms with Crippen LogP contribution in [0.3, 0.4) is 0 Å². The molecule has 5 heteroatoms. The van der Waals surface area contributed by atoms with Gasteiger partial charge in [0.05, 0.1) is 22.1 Å². The third-order valence-corrected chi connectivity index (χ3v) is 10.7. The van der Waals surface area contributed by atoms with Gasteiger partial charge in [0, 0.05) is 38.4 Å². The summed E-state index contributed by atoms with van der Waals surface area (Å²) in [6.07, 6.45) is 0. The molecule has 5 nitrogen and oxygen atoms in total. The maximum Gasteiger partial charge on any atom is 0.164 e. The zero-order valence-corrected chi connectivity index (χ0v) is 30.2. The summed E-state index contributed by atoms with van der Waals surface area (Å²) in [5, 5.41) is 4.34. The third-order valence-electron chi connectivity index (χ3n) is 10.7. The van der Waals surface area contributed by atoms with Gasteiger partial charge in [-0.25, -0.2) is 15.0 Å². The highest BCUT2D eigenvalue weighted by Crippen LogP contribution is 2.45. The Kier molecular flexibility index (Phi) is 7.42. The Morgan fingerprint density at radius 1 is 0.357 bits per heavy atom. The van der Waals surface area contributed by atoms with Crippen molar-refractivity contribution in [1.82, 2.24) is 19.5 Å². The van der Waals surface area contributed by atoms with Gasteiger partial charge in [0.15, 0.2) is 17.5 Å². The van der Waals surface area contributed by atoms with Crippen LogP contribution in [0.25, 0.3) is 106 Å². The lowest BCUT2D eigenvalue weighted by Crippen LogP contribution is -2.01. The molecule has 0 aliphatic carbocycles. The number of benzene rings is 8. The molecule has 0 unspecified atom stereocenters. The van der Waals surface area contributed by atoms with Gasteiger partial charge in [-0.1, -0.05) is 158 Å². The van der Waals surface area contributed by atoms with E-state index in [9.17, 15) is 0 Å². The summed E-state index contributed by atoms with van der Waals surface area (Å²) in [7, 11) is 0. The molecule has 11 aromatic rings. The Morgan fingerprint density at radius 2 is 0.893 bits per heavy atom. The zero-order chi connectivity index (χ0) is 37.0. The lowest BCUT2D eigenvalue weighted by atomic mass is 9.98. The van der Waals surface area contributed by atoms with E-state index in [2.05, 4.69) is 144 Å². The van der Waals surface area contributed by atoms with Gasteiger partial charge in [-0.3, -0.25) is 0 Å². The standard InChI is InChI=1S/C51H32N4O/c1-4-16-33(17-5-1)36-22-14-23-37(32-36)50-52-49(35-20-8-3-9-21-35)53-51(54-50)41-26-15-29-45-46(41)47-44(31-30-38(48(47)56-45)34-18-6-2-7-19-34)55-42-27-12-10-24-39(42)40-25-11-13-28-43(40)55/h1-32H. The molecular formula is C51H32N4O. The highest BCUT2D eigenvalue weighted by Gasteiger charge is 2.24. The summed E-state index contributed by atoms with van der Waals surface area (Å²) < 4.78 is 9.34. The molecule has 11 rings (SSSR count). The number of aromatic nitrogens is 4. The number of furan rings is 1. The van der Waals surface area contributed by atoms with Crippen LogP contribution in [0.2, 0.25) is 0 Å². The molecule has 56 heavy (non-hydrogen) atoms. The molecule has 0 saturated carbocycles. The van der Waals surface area contributed by atoms with Crippen LogP contribution in [0.15, 0.2) is 199 Å². The molecule has 0 N–H and O–H groups in total. The van der Waals surface area contributed by atoms with Crippen molar-refractivity contribution in [3.8, 4) is 62.1 Å². The molecule has 262 valence electrons. The molecule has 0 amide bonds. The van der Waals surface area contributed by atoms with Gasteiger partial charge >= 0.3 is 0 Å². The largest absolute Gasteiger partial charge is 0.455 e. The van der Waals surface area contributed by atoms with Crippen LogP contribution in [-0.2, 0) is 0 Å². The third kappa shape index (κ3) is 5.21. The van der Waals surface area contributed by atoms with Crippen molar-refractivity contribution in [1.29, 1.82) is 0 Å². The minimum atomic E-state index is 0.575. The predicted octanol–water partition coefficient (Wildman–Crippen LogP) is 13.2. The highest BCUT2D eigenvalue weighted by molar-refractivity contribution is 6.20. The normalized spacial score (nSPS) is 11.6. The maximum atomic E-state index is 6.97. The fourth-order valence-corrected chi connectivity index (χ4v) is 8.11. The van der Waals surface area contributed by atoms with Crippen LogP contribution in [0.5, 0.6) is 0 Å². The Labute approximate surface area is 322 Å². The summed E-state index contributed by atoms with van der Waals surface area (Å²) >= 11 is 0. The van der Waals surface area contributed by atoms with Gasteiger partial charge in [0.25, 0.3) is 0 Å². The molecule has 0 aliphatic heterocycles. The van der Waals surface area contributed by atoms with E-state index >= 15 is 0 Å². The topological polar surface area (TPSA) is 56.7 Å². The van der Waals surface area contributed by atoms with Crippen molar-refractivity contribution in [2.45, 2.75) is 0 Å².